The number of aromatic hydroxyl groups is 1. The van der Waals surface area contributed by atoms with Crippen LogP contribution in [0.25, 0.3) is 0 Å². The van der Waals surface area contributed by atoms with Gasteiger partial charge in [0, 0.05) is 22.1 Å². The van der Waals surface area contributed by atoms with Crippen molar-refractivity contribution in [1.29, 1.82) is 0 Å². The molecule has 0 amide bonds. The van der Waals surface area contributed by atoms with Crippen LogP contribution in [0.2, 0.25) is 0 Å². The molecule has 4 heteroatoms. The molecule has 0 heterocycles. The minimum Gasteiger partial charge on any atom is -0.508 e. The number of phenolic OH excluding ortho intramolecular Hbond substituents is 1. The Morgan fingerprint density at radius 3 is 2.69 bits per heavy atom. The second-order valence-corrected chi connectivity index (χ2v) is 5.11. The van der Waals surface area contributed by atoms with Crippen LogP contribution in [-0.2, 0) is 6.54 Å². The number of phenols is 1. The van der Waals surface area contributed by atoms with Gasteiger partial charge in [0.05, 0.1) is 6.61 Å². The minimum absolute atomic E-state index is 0.0816. The SMILES string of the molecule is CCC(C)(CO)NCc1cc(Br)ccc1O. The average molecular weight is 288 g/mol. The molecule has 0 aliphatic carbocycles. The Morgan fingerprint density at radius 1 is 1.44 bits per heavy atom. The lowest BCUT2D eigenvalue weighted by atomic mass is 10.00. The molecule has 0 fully saturated rings. The second kappa shape index (κ2) is 5.66. The van der Waals surface area contributed by atoms with Gasteiger partial charge < -0.3 is 15.5 Å². The highest BCUT2D eigenvalue weighted by atomic mass is 79.9. The van der Waals surface area contributed by atoms with Gasteiger partial charge in [-0.05, 0) is 31.5 Å². The van der Waals surface area contributed by atoms with Crippen molar-refractivity contribution in [2.45, 2.75) is 32.4 Å². The number of halogens is 1. The van der Waals surface area contributed by atoms with E-state index in [4.69, 9.17) is 0 Å². The lowest BCUT2D eigenvalue weighted by Gasteiger charge is -2.27. The van der Waals surface area contributed by atoms with Crippen LogP contribution in [0.5, 0.6) is 5.75 Å². The third-order valence-corrected chi connectivity index (χ3v) is 3.37. The smallest absolute Gasteiger partial charge is 0.120 e. The number of rotatable bonds is 5. The second-order valence-electron chi connectivity index (χ2n) is 4.20. The molecule has 0 aliphatic heterocycles. The van der Waals surface area contributed by atoms with E-state index in [-0.39, 0.29) is 17.9 Å². The van der Waals surface area contributed by atoms with Crippen LogP contribution in [0.1, 0.15) is 25.8 Å². The molecular formula is C12H18BrNO2. The maximum absolute atomic E-state index is 9.65. The number of nitrogens with one attached hydrogen (secondary N) is 1. The van der Waals surface area contributed by atoms with Crippen molar-refractivity contribution in [1.82, 2.24) is 5.32 Å². The summed E-state index contributed by atoms with van der Waals surface area (Å²) in [5.74, 6) is 0.270. The largest absolute Gasteiger partial charge is 0.508 e. The molecule has 16 heavy (non-hydrogen) atoms. The number of benzene rings is 1. The quantitative estimate of drug-likeness (QED) is 0.780. The van der Waals surface area contributed by atoms with Crippen LogP contribution >= 0.6 is 15.9 Å². The highest BCUT2D eigenvalue weighted by Crippen LogP contribution is 2.22. The van der Waals surface area contributed by atoms with Crippen LogP contribution in [0, 0.1) is 0 Å². The van der Waals surface area contributed by atoms with E-state index in [1.54, 1.807) is 12.1 Å². The summed E-state index contributed by atoms with van der Waals surface area (Å²) in [7, 11) is 0. The van der Waals surface area contributed by atoms with E-state index in [1.807, 2.05) is 19.9 Å². The number of aliphatic hydroxyl groups excluding tert-OH is 1. The van der Waals surface area contributed by atoms with Crippen molar-refractivity contribution >= 4 is 15.9 Å². The molecule has 0 bridgehead atoms. The number of aliphatic hydroxyl groups is 1. The summed E-state index contributed by atoms with van der Waals surface area (Å²) in [4.78, 5) is 0. The molecule has 1 rings (SSSR count). The normalized spacial score (nSPS) is 14.8. The van der Waals surface area contributed by atoms with Gasteiger partial charge in [0.25, 0.3) is 0 Å². The van der Waals surface area contributed by atoms with Crippen molar-refractivity contribution in [2.24, 2.45) is 0 Å². The maximum Gasteiger partial charge on any atom is 0.120 e. The molecule has 3 nitrogen and oxygen atoms in total. The Hall–Kier alpha value is -0.580. The first-order chi connectivity index (χ1) is 7.50. The zero-order chi connectivity index (χ0) is 12.2. The minimum atomic E-state index is -0.297. The molecule has 0 aliphatic rings. The van der Waals surface area contributed by atoms with Gasteiger partial charge in [0.2, 0.25) is 0 Å². The van der Waals surface area contributed by atoms with E-state index in [2.05, 4.69) is 21.2 Å². The molecule has 0 saturated heterocycles. The third-order valence-electron chi connectivity index (χ3n) is 2.88. The van der Waals surface area contributed by atoms with Gasteiger partial charge in [0.15, 0.2) is 0 Å². The standard InChI is InChI=1S/C12H18BrNO2/c1-3-12(2,8-15)14-7-9-6-10(13)4-5-11(9)16/h4-6,14-16H,3,7-8H2,1-2H3. The lowest BCUT2D eigenvalue weighted by molar-refractivity contribution is 0.168. The summed E-state index contributed by atoms with van der Waals surface area (Å²) in [5, 5.41) is 22.2. The molecule has 3 N–H and O–H groups in total. The Morgan fingerprint density at radius 2 is 2.12 bits per heavy atom. The van der Waals surface area contributed by atoms with Gasteiger partial charge in [-0.2, -0.15) is 0 Å². The van der Waals surface area contributed by atoms with Gasteiger partial charge in [-0.1, -0.05) is 22.9 Å². The Labute approximate surface area is 105 Å². The molecule has 1 aromatic rings. The zero-order valence-corrected chi connectivity index (χ0v) is 11.2. The molecule has 0 aromatic heterocycles. The molecule has 1 unspecified atom stereocenters. The van der Waals surface area contributed by atoms with E-state index in [1.165, 1.54) is 0 Å². The highest BCUT2D eigenvalue weighted by Gasteiger charge is 2.20. The van der Waals surface area contributed by atoms with E-state index in [9.17, 15) is 10.2 Å². The summed E-state index contributed by atoms with van der Waals surface area (Å²) in [6.45, 7) is 4.60. The van der Waals surface area contributed by atoms with Crippen molar-refractivity contribution in [3.05, 3.63) is 28.2 Å². The molecule has 1 aromatic carbocycles. The van der Waals surface area contributed by atoms with Crippen LogP contribution in [0.4, 0.5) is 0 Å². The van der Waals surface area contributed by atoms with Crippen molar-refractivity contribution in [2.75, 3.05) is 6.61 Å². The fourth-order valence-corrected chi connectivity index (χ4v) is 1.71. The lowest BCUT2D eigenvalue weighted by Crippen LogP contribution is -2.44. The first kappa shape index (κ1) is 13.5. The summed E-state index contributed by atoms with van der Waals surface area (Å²) in [6.07, 6.45) is 0.832. The zero-order valence-electron chi connectivity index (χ0n) is 9.63. The Bertz CT molecular complexity index is 351. The Balaban J connectivity index is 2.70. The first-order valence-corrected chi connectivity index (χ1v) is 6.13. The topological polar surface area (TPSA) is 52.5 Å². The van der Waals surface area contributed by atoms with E-state index in [0.717, 1.165) is 16.5 Å². The van der Waals surface area contributed by atoms with E-state index in [0.29, 0.717) is 6.54 Å². The van der Waals surface area contributed by atoms with E-state index < -0.39 is 0 Å². The maximum atomic E-state index is 9.65. The fraction of sp³-hybridized carbons (Fsp3) is 0.500. The highest BCUT2D eigenvalue weighted by molar-refractivity contribution is 9.10. The molecule has 1 atom stereocenters. The van der Waals surface area contributed by atoms with Gasteiger partial charge in [-0.3, -0.25) is 0 Å². The summed E-state index contributed by atoms with van der Waals surface area (Å²) >= 11 is 3.36. The van der Waals surface area contributed by atoms with E-state index >= 15 is 0 Å². The monoisotopic (exact) mass is 287 g/mol. The van der Waals surface area contributed by atoms with Gasteiger partial charge in [-0.25, -0.2) is 0 Å². The van der Waals surface area contributed by atoms with Crippen LogP contribution in [-0.4, -0.2) is 22.4 Å². The summed E-state index contributed by atoms with van der Waals surface area (Å²) < 4.78 is 0.935. The van der Waals surface area contributed by atoms with Gasteiger partial charge >= 0.3 is 0 Å². The average Bonchev–Trinajstić information content (AvgIpc) is 2.30. The number of hydrogen-bond acceptors (Lipinski definition) is 3. The van der Waals surface area contributed by atoms with Crippen LogP contribution < -0.4 is 5.32 Å². The molecule has 0 radical (unpaired) electrons. The molecule has 0 saturated carbocycles. The van der Waals surface area contributed by atoms with Crippen molar-refractivity contribution < 1.29 is 10.2 Å². The predicted octanol–water partition coefficient (Wildman–Crippen LogP) is 2.41. The number of hydrogen-bond donors (Lipinski definition) is 3. The summed E-state index contributed by atoms with van der Waals surface area (Å²) in [6, 6.07) is 5.32. The predicted molar refractivity (Wildman–Crippen MR) is 68.4 cm³/mol. The van der Waals surface area contributed by atoms with Crippen LogP contribution in [0.15, 0.2) is 22.7 Å². The molecular weight excluding hydrogens is 270 g/mol. The summed E-state index contributed by atoms with van der Waals surface area (Å²) in [5.41, 5.74) is 0.525. The van der Waals surface area contributed by atoms with Crippen LogP contribution in [0.3, 0.4) is 0 Å². The Kier molecular flexibility index (Phi) is 4.77. The van der Waals surface area contributed by atoms with Crippen molar-refractivity contribution in [3.8, 4) is 5.75 Å². The third kappa shape index (κ3) is 3.47. The fourth-order valence-electron chi connectivity index (χ4n) is 1.30. The first-order valence-electron chi connectivity index (χ1n) is 5.34. The molecule has 90 valence electrons. The van der Waals surface area contributed by atoms with Gasteiger partial charge in [0.1, 0.15) is 5.75 Å². The molecule has 0 spiro atoms. The van der Waals surface area contributed by atoms with Gasteiger partial charge in [-0.15, -0.1) is 0 Å². The van der Waals surface area contributed by atoms with Crippen molar-refractivity contribution in [3.63, 3.8) is 0 Å².